The summed E-state index contributed by atoms with van der Waals surface area (Å²) in [7, 11) is -4.41. The number of hydrogen-bond acceptors (Lipinski definition) is 7. The number of carbonyl (C=O) groups is 2. The van der Waals surface area contributed by atoms with Gasteiger partial charge in [-0.3, -0.25) is 18.6 Å². The van der Waals surface area contributed by atoms with Crippen LogP contribution in [0.2, 0.25) is 0 Å². The molecule has 9 nitrogen and oxygen atoms in total. The quantitative estimate of drug-likeness (QED) is 0.0244. The van der Waals surface area contributed by atoms with E-state index in [0.29, 0.717) is 6.42 Å². The molecule has 0 rings (SSSR count). The van der Waals surface area contributed by atoms with Crippen LogP contribution >= 0.6 is 7.82 Å². The second-order valence-corrected chi connectivity index (χ2v) is 15.8. The molecule has 1 amide bonds. The van der Waals surface area contributed by atoms with Crippen molar-refractivity contribution in [2.75, 3.05) is 26.4 Å². The summed E-state index contributed by atoms with van der Waals surface area (Å²) >= 11 is 0. The van der Waals surface area contributed by atoms with Gasteiger partial charge < -0.3 is 20.1 Å². The van der Waals surface area contributed by atoms with Crippen LogP contribution in [-0.4, -0.2) is 54.3 Å². The molecule has 0 spiro atoms. The first kappa shape index (κ1) is 49.8. The molecule has 302 valence electrons. The molecule has 0 fully saturated rings. The van der Waals surface area contributed by atoms with Crippen LogP contribution in [0.25, 0.3) is 0 Å². The Hall–Kier alpha value is -1.25. The number of allylic oxidation sites excluding steroid dienone is 2. The standard InChI is InChI=1S/C41H80NO8P/c1-3-5-7-9-11-13-15-17-19-20-22-24-26-28-30-32-34-41(45)48-37-39(43)38-50-51(46,47)49-36-35-42-40(44)33-31-29-27-25-23-21-18-16-14-12-10-8-6-4-2/h19-20,39,43H,3-18,21-38H2,1-2H3,(H,42,44)(H,46,47)/b20-19-. The van der Waals surface area contributed by atoms with Crippen molar-refractivity contribution in [1.82, 2.24) is 5.32 Å². The minimum atomic E-state index is -4.41. The first-order valence-corrected chi connectivity index (χ1v) is 22.7. The van der Waals surface area contributed by atoms with Gasteiger partial charge in [0.2, 0.25) is 5.91 Å². The van der Waals surface area contributed by atoms with Crippen LogP contribution in [0.3, 0.4) is 0 Å². The lowest BCUT2D eigenvalue weighted by Crippen LogP contribution is -2.27. The molecule has 10 heteroatoms. The number of aliphatic hydroxyl groups excluding tert-OH is 1. The zero-order chi connectivity index (χ0) is 37.5. The smallest absolute Gasteiger partial charge is 0.463 e. The van der Waals surface area contributed by atoms with Crippen LogP contribution in [0.15, 0.2) is 12.2 Å². The molecule has 0 saturated carbocycles. The number of nitrogens with one attached hydrogen (secondary N) is 1. The highest BCUT2D eigenvalue weighted by Crippen LogP contribution is 2.42. The van der Waals surface area contributed by atoms with E-state index in [1.54, 1.807) is 0 Å². The van der Waals surface area contributed by atoms with Gasteiger partial charge in [0.1, 0.15) is 12.7 Å². The molecular weight excluding hydrogens is 665 g/mol. The highest BCUT2D eigenvalue weighted by molar-refractivity contribution is 7.47. The average molecular weight is 746 g/mol. The van der Waals surface area contributed by atoms with E-state index in [1.165, 1.54) is 122 Å². The van der Waals surface area contributed by atoms with E-state index in [-0.39, 0.29) is 32.1 Å². The maximum atomic E-state index is 12.1. The SMILES string of the molecule is CCCCCCCCC/C=C\CCCCCCCC(=O)OCC(O)COP(=O)(O)OCCNC(=O)CCCCCCCCCCCCCCCC. The molecule has 0 heterocycles. The average Bonchev–Trinajstić information content (AvgIpc) is 3.11. The molecule has 0 aliphatic heterocycles. The molecule has 0 aromatic heterocycles. The second-order valence-electron chi connectivity index (χ2n) is 14.3. The van der Waals surface area contributed by atoms with Crippen LogP contribution in [-0.2, 0) is 27.9 Å². The Morgan fingerprint density at radius 2 is 1.00 bits per heavy atom. The van der Waals surface area contributed by atoms with Crippen LogP contribution < -0.4 is 5.32 Å². The van der Waals surface area contributed by atoms with Crippen LogP contribution in [0.1, 0.15) is 206 Å². The Bertz CT molecular complexity index is 856. The largest absolute Gasteiger partial charge is 0.472 e. The zero-order valence-electron chi connectivity index (χ0n) is 33.1. The first-order valence-electron chi connectivity index (χ1n) is 21.2. The Labute approximate surface area is 313 Å². The van der Waals surface area contributed by atoms with Gasteiger partial charge in [-0.15, -0.1) is 0 Å². The summed E-state index contributed by atoms with van der Waals surface area (Å²) in [6, 6.07) is 0. The molecule has 2 unspecified atom stereocenters. The van der Waals surface area contributed by atoms with Gasteiger partial charge in [-0.25, -0.2) is 4.57 Å². The maximum Gasteiger partial charge on any atom is 0.472 e. The fourth-order valence-electron chi connectivity index (χ4n) is 5.96. The van der Waals surface area contributed by atoms with Crippen molar-refractivity contribution in [1.29, 1.82) is 0 Å². The summed E-state index contributed by atoms with van der Waals surface area (Å²) in [5.74, 6) is -0.518. The van der Waals surface area contributed by atoms with E-state index in [1.807, 2.05) is 0 Å². The molecule has 0 bridgehead atoms. The fourth-order valence-corrected chi connectivity index (χ4v) is 6.72. The number of amides is 1. The van der Waals surface area contributed by atoms with Gasteiger partial charge in [0, 0.05) is 19.4 Å². The van der Waals surface area contributed by atoms with E-state index in [0.717, 1.165) is 57.8 Å². The minimum absolute atomic E-state index is 0.0852. The molecule has 3 N–H and O–H groups in total. The van der Waals surface area contributed by atoms with Crippen molar-refractivity contribution < 1.29 is 37.9 Å². The van der Waals surface area contributed by atoms with E-state index in [4.69, 9.17) is 13.8 Å². The lowest BCUT2D eigenvalue weighted by Gasteiger charge is -2.15. The molecule has 2 atom stereocenters. The Balaban J connectivity index is 3.59. The third-order valence-electron chi connectivity index (χ3n) is 9.20. The number of esters is 1. The molecular formula is C41H80NO8P. The molecule has 0 radical (unpaired) electrons. The summed E-state index contributed by atoms with van der Waals surface area (Å²) in [6.07, 6.45) is 38.5. The number of unbranched alkanes of at least 4 members (excludes halogenated alkanes) is 25. The number of phosphoric acid groups is 1. The number of hydrogen-bond donors (Lipinski definition) is 3. The maximum absolute atomic E-state index is 12.1. The van der Waals surface area contributed by atoms with Crippen LogP contribution in [0, 0.1) is 0 Å². The first-order chi connectivity index (χ1) is 24.8. The predicted octanol–water partition coefficient (Wildman–Crippen LogP) is 11.4. The van der Waals surface area contributed by atoms with Crippen molar-refractivity contribution in [3.63, 3.8) is 0 Å². The molecule has 0 aromatic rings. The van der Waals surface area contributed by atoms with E-state index < -0.39 is 26.5 Å². The van der Waals surface area contributed by atoms with E-state index >= 15 is 0 Å². The van der Waals surface area contributed by atoms with Crippen LogP contribution in [0.5, 0.6) is 0 Å². The summed E-state index contributed by atoms with van der Waals surface area (Å²) in [5, 5.41) is 12.7. The van der Waals surface area contributed by atoms with Crippen molar-refractivity contribution in [3.8, 4) is 0 Å². The molecule has 0 aliphatic carbocycles. The lowest BCUT2D eigenvalue weighted by molar-refractivity contribution is -0.147. The number of phosphoric ester groups is 1. The molecule has 0 aliphatic rings. The second kappa shape index (κ2) is 38.5. The summed E-state index contributed by atoms with van der Waals surface area (Å²) < 4.78 is 26.8. The van der Waals surface area contributed by atoms with Crippen molar-refractivity contribution in [2.45, 2.75) is 213 Å². The van der Waals surface area contributed by atoms with Gasteiger partial charge >= 0.3 is 13.8 Å². The van der Waals surface area contributed by atoms with Gasteiger partial charge in [-0.2, -0.15) is 0 Å². The lowest BCUT2D eigenvalue weighted by atomic mass is 10.0. The summed E-state index contributed by atoms with van der Waals surface area (Å²) in [5.41, 5.74) is 0. The van der Waals surface area contributed by atoms with Crippen LogP contribution in [0.4, 0.5) is 0 Å². The number of aliphatic hydroxyl groups is 1. The van der Waals surface area contributed by atoms with Gasteiger partial charge in [0.15, 0.2) is 0 Å². The van der Waals surface area contributed by atoms with Gasteiger partial charge in [-0.05, 0) is 38.5 Å². The predicted molar refractivity (Wildman–Crippen MR) is 211 cm³/mol. The summed E-state index contributed by atoms with van der Waals surface area (Å²) in [6.45, 7) is 3.56. The highest BCUT2D eigenvalue weighted by Gasteiger charge is 2.23. The molecule has 0 saturated heterocycles. The van der Waals surface area contributed by atoms with Crippen molar-refractivity contribution in [2.24, 2.45) is 0 Å². The summed E-state index contributed by atoms with van der Waals surface area (Å²) in [4.78, 5) is 33.8. The Morgan fingerprint density at radius 3 is 1.47 bits per heavy atom. The van der Waals surface area contributed by atoms with E-state index in [2.05, 4.69) is 31.3 Å². The van der Waals surface area contributed by atoms with Gasteiger partial charge in [0.05, 0.1) is 13.2 Å². The zero-order valence-corrected chi connectivity index (χ0v) is 34.0. The normalized spacial score (nSPS) is 13.4. The topological polar surface area (TPSA) is 131 Å². The third-order valence-corrected chi connectivity index (χ3v) is 10.2. The van der Waals surface area contributed by atoms with Gasteiger partial charge in [-0.1, -0.05) is 167 Å². The monoisotopic (exact) mass is 746 g/mol. The minimum Gasteiger partial charge on any atom is -0.463 e. The number of rotatable bonds is 40. The van der Waals surface area contributed by atoms with E-state index in [9.17, 15) is 24.2 Å². The number of carbonyl (C=O) groups excluding carboxylic acids is 2. The fraction of sp³-hybridized carbons (Fsp3) is 0.902. The highest BCUT2D eigenvalue weighted by atomic mass is 31.2. The Morgan fingerprint density at radius 1 is 0.588 bits per heavy atom. The third kappa shape index (κ3) is 39.8. The number of ether oxygens (including phenoxy) is 1. The van der Waals surface area contributed by atoms with Crippen molar-refractivity contribution in [3.05, 3.63) is 12.2 Å². The van der Waals surface area contributed by atoms with Crippen molar-refractivity contribution >= 4 is 19.7 Å². The molecule has 51 heavy (non-hydrogen) atoms. The van der Waals surface area contributed by atoms with Gasteiger partial charge in [0.25, 0.3) is 0 Å². The molecule has 0 aromatic carbocycles. The Kier molecular flexibility index (Phi) is 37.5.